The average molecular weight is 265 g/mol. The van der Waals surface area contributed by atoms with Gasteiger partial charge in [0.1, 0.15) is 11.5 Å². The molecule has 1 saturated carbocycles. The van der Waals surface area contributed by atoms with E-state index in [2.05, 4.69) is 5.32 Å². The van der Waals surface area contributed by atoms with Gasteiger partial charge in [-0.3, -0.25) is 4.79 Å². The highest BCUT2D eigenvalue weighted by molar-refractivity contribution is 5.73. The fourth-order valence-electron chi connectivity index (χ4n) is 2.54. The minimum absolute atomic E-state index is 0.0121. The van der Waals surface area contributed by atoms with Crippen LogP contribution in [0.4, 0.5) is 0 Å². The SMILES string of the molecule is CNC(c1ccc(OC)cc1OC)C1CC1C(=O)O. The van der Waals surface area contributed by atoms with Crippen LogP contribution in [-0.4, -0.2) is 32.3 Å². The molecule has 0 aliphatic heterocycles. The van der Waals surface area contributed by atoms with Gasteiger partial charge < -0.3 is 19.9 Å². The van der Waals surface area contributed by atoms with Gasteiger partial charge in [0.15, 0.2) is 0 Å². The second-order valence-corrected chi connectivity index (χ2v) is 4.72. The molecule has 0 radical (unpaired) electrons. The maximum atomic E-state index is 11.0. The molecule has 1 aliphatic carbocycles. The van der Waals surface area contributed by atoms with E-state index in [1.54, 1.807) is 14.2 Å². The lowest BCUT2D eigenvalue weighted by atomic mass is 10.00. The summed E-state index contributed by atoms with van der Waals surface area (Å²) in [7, 11) is 5.05. The molecule has 5 nitrogen and oxygen atoms in total. The number of nitrogens with one attached hydrogen (secondary N) is 1. The Balaban J connectivity index is 2.26. The van der Waals surface area contributed by atoms with Gasteiger partial charge in [-0.15, -0.1) is 0 Å². The lowest BCUT2D eigenvalue weighted by Crippen LogP contribution is -2.21. The predicted octanol–water partition coefficient (Wildman–Crippen LogP) is 1.69. The standard InChI is InChI=1S/C14H19NO4/c1-15-13(10-7-11(10)14(16)17)9-5-4-8(18-2)6-12(9)19-3/h4-6,10-11,13,15H,7H2,1-3H3,(H,16,17). The fraction of sp³-hybridized carbons (Fsp3) is 0.500. The third kappa shape index (κ3) is 2.66. The molecule has 1 fully saturated rings. The molecular weight excluding hydrogens is 246 g/mol. The van der Waals surface area contributed by atoms with E-state index < -0.39 is 5.97 Å². The normalized spacial score (nSPS) is 22.7. The van der Waals surface area contributed by atoms with Crippen molar-refractivity contribution in [1.29, 1.82) is 0 Å². The number of hydrogen-bond donors (Lipinski definition) is 2. The molecule has 19 heavy (non-hydrogen) atoms. The van der Waals surface area contributed by atoms with Crippen LogP contribution in [0.25, 0.3) is 0 Å². The van der Waals surface area contributed by atoms with E-state index in [4.69, 9.17) is 14.6 Å². The zero-order chi connectivity index (χ0) is 14.0. The van der Waals surface area contributed by atoms with Crippen LogP contribution >= 0.6 is 0 Å². The number of rotatable bonds is 6. The minimum atomic E-state index is -0.724. The van der Waals surface area contributed by atoms with Crippen LogP contribution < -0.4 is 14.8 Å². The van der Waals surface area contributed by atoms with E-state index in [1.165, 1.54) is 0 Å². The van der Waals surface area contributed by atoms with Crippen LogP contribution in [0.1, 0.15) is 18.0 Å². The van der Waals surface area contributed by atoms with E-state index >= 15 is 0 Å². The van der Waals surface area contributed by atoms with Gasteiger partial charge in [-0.1, -0.05) is 6.07 Å². The van der Waals surface area contributed by atoms with Gasteiger partial charge in [0.2, 0.25) is 0 Å². The molecule has 1 aromatic carbocycles. The Labute approximate surface area is 112 Å². The number of aliphatic carboxylic acids is 1. The van der Waals surface area contributed by atoms with Crippen molar-refractivity contribution in [2.45, 2.75) is 12.5 Å². The third-order valence-corrected chi connectivity index (χ3v) is 3.67. The van der Waals surface area contributed by atoms with E-state index in [0.717, 1.165) is 17.1 Å². The van der Waals surface area contributed by atoms with Gasteiger partial charge in [-0.25, -0.2) is 0 Å². The first-order chi connectivity index (χ1) is 9.12. The van der Waals surface area contributed by atoms with Gasteiger partial charge in [-0.2, -0.15) is 0 Å². The number of hydrogen-bond acceptors (Lipinski definition) is 4. The molecule has 0 spiro atoms. The molecule has 5 heteroatoms. The molecule has 2 N–H and O–H groups in total. The molecule has 3 unspecified atom stereocenters. The number of benzene rings is 1. The van der Waals surface area contributed by atoms with Gasteiger partial charge >= 0.3 is 5.97 Å². The first-order valence-corrected chi connectivity index (χ1v) is 6.24. The Bertz CT molecular complexity index is 475. The quantitative estimate of drug-likeness (QED) is 0.819. The van der Waals surface area contributed by atoms with Crippen molar-refractivity contribution in [2.24, 2.45) is 11.8 Å². The Morgan fingerprint density at radius 1 is 1.42 bits per heavy atom. The maximum Gasteiger partial charge on any atom is 0.306 e. The Kier molecular flexibility index (Phi) is 3.95. The van der Waals surface area contributed by atoms with Crippen LogP contribution in [0.3, 0.4) is 0 Å². The van der Waals surface area contributed by atoms with E-state index in [1.807, 2.05) is 25.2 Å². The monoisotopic (exact) mass is 265 g/mol. The van der Waals surface area contributed by atoms with Crippen molar-refractivity contribution in [3.63, 3.8) is 0 Å². The van der Waals surface area contributed by atoms with Crippen molar-refractivity contribution in [2.75, 3.05) is 21.3 Å². The topological polar surface area (TPSA) is 67.8 Å². The largest absolute Gasteiger partial charge is 0.497 e. The molecule has 1 aliphatic rings. The van der Waals surface area contributed by atoms with Gasteiger partial charge in [-0.05, 0) is 25.5 Å². The number of carbonyl (C=O) groups is 1. The van der Waals surface area contributed by atoms with E-state index in [0.29, 0.717) is 6.42 Å². The van der Waals surface area contributed by atoms with Crippen molar-refractivity contribution in [3.8, 4) is 11.5 Å². The highest BCUT2D eigenvalue weighted by atomic mass is 16.5. The number of carboxylic acid groups (broad SMARTS) is 1. The lowest BCUT2D eigenvalue weighted by molar-refractivity contribution is -0.138. The second-order valence-electron chi connectivity index (χ2n) is 4.72. The third-order valence-electron chi connectivity index (χ3n) is 3.67. The molecule has 0 amide bonds. The van der Waals surface area contributed by atoms with Crippen LogP contribution in [0.15, 0.2) is 18.2 Å². The van der Waals surface area contributed by atoms with Crippen LogP contribution in [0.5, 0.6) is 11.5 Å². The van der Waals surface area contributed by atoms with Crippen LogP contribution in [-0.2, 0) is 4.79 Å². The zero-order valence-electron chi connectivity index (χ0n) is 11.3. The number of ether oxygens (including phenoxy) is 2. The van der Waals surface area contributed by atoms with Gasteiger partial charge in [0.05, 0.1) is 20.1 Å². The number of carboxylic acids is 1. The summed E-state index contributed by atoms with van der Waals surface area (Å²) >= 11 is 0. The van der Waals surface area contributed by atoms with Crippen LogP contribution in [0.2, 0.25) is 0 Å². The number of methoxy groups -OCH3 is 2. The summed E-state index contributed by atoms with van der Waals surface area (Å²) in [6.07, 6.45) is 0.704. The highest BCUT2D eigenvalue weighted by Crippen LogP contribution is 2.49. The Morgan fingerprint density at radius 3 is 2.63 bits per heavy atom. The summed E-state index contributed by atoms with van der Waals surface area (Å²) < 4.78 is 10.5. The second kappa shape index (κ2) is 5.48. The maximum absolute atomic E-state index is 11.0. The zero-order valence-corrected chi connectivity index (χ0v) is 11.3. The predicted molar refractivity (Wildman–Crippen MR) is 70.6 cm³/mol. The summed E-state index contributed by atoms with van der Waals surface area (Å²) in [6.45, 7) is 0. The molecule has 0 saturated heterocycles. The first kappa shape index (κ1) is 13.7. The van der Waals surface area contributed by atoms with E-state index in [-0.39, 0.29) is 17.9 Å². The Morgan fingerprint density at radius 2 is 2.16 bits per heavy atom. The van der Waals surface area contributed by atoms with Crippen LogP contribution in [0, 0.1) is 11.8 Å². The molecule has 0 heterocycles. The van der Waals surface area contributed by atoms with Gasteiger partial charge in [0, 0.05) is 17.7 Å². The molecule has 104 valence electrons. The van der Waals surface area contributed by atoms with Crippen molar-refractivity contribution >= 4 is 5.97 Å². The minimum Gasteiger partial charge on any atom is -0.497 e. The fourth-order valence-corrected chi connectivity index (χ4v) is 2.54. The van der Waals surface area contributed by atoms with Crippen molar-refractivity contribution < 1.29 is 19.4 Å². The summed E-state index contributed by atoms with van der Waals surface area (Å²) in [6, 6.07) is 5.59. The molecule has 2 rings (SSSR count). The molecule has 3 atom stereocenters. The molecule has 0 aromatic heterocycles. The van der Waals surface area contributed by atoms with E-state index in [9.17, 15) is 4.79 Å². The lowest BCUT2D eigenvalue weighted by Gasteiger charge is -2.20. The summed E-state index contributed by atoms with van der Waals surface area (Å²) in [5.41, 5.74) is 0.972. The van der Waals surface area contributed by atoms with Gasteiger partial charge in [0.25, 0.3) is 0 Å². The Hall–Kier alpha value is -1.75. The summed E-state index contributed by atoms with van der Waals surface area (Å²) in [5, 5.41) is 12.2. The van der Waals surface area contributed by atoms with Crippen molar-refractivity contribution in [3.05, 3.63) is 23.8 Å². The molecular formula is C14H19NO4. The summed E-state index contributed by atoms with van der Waals surface area (Å²) in [4.78, 5) is 11.0. The molecule has 0 bridgehead atoms. The summed E-state index contributed by atoms with van der Waals surface area (Å²) in [5.74, 6) is 0.572. The first-order valence-electron chi connectivity index (χ1n) is 6.24. The average Bonchev–Trinajstić information content (AvgIpc) is 3.20. The van der Waals surface area contributed by atoms with Crippen molar-refractivity contribution in [1.82, 2.24) is 5.32 Å². The smallest absolute Gasteiger partial charge is 0.306 e. The molecule has 1 aromatic rings. The highest BCUT2D eigenvalue weighted by Gasteiger charge is 2.48.